The number of hydrogen-bond acceptors (Lipinski definition) is 3. The Morgan fingerprint density at radius 3 is 1.71 bits per heavy atom. The zero-order valence-electron chi connectivity index (χ0n) is 21.0. The van der Waals surface area contributed by atoms with Gasteiger partial charge in [-0.2, -0.15) is 0 Å². The van der Waals surface area contributed by atoms with Crippen molar-refractivity contribution in [1.29, 1.82) is 0 Å². The number of hydrogen-bond donors (Lipinski definition) is 2. The smallest absolute Gasteiger partial charge is 0.408 e. The van der Waals surface area contributed by atoms with E-state index in [0.717, 1.165) is 24.2 Å². The number of amides is 1. The molecule has 1 heterocycles. The minimum atomic E-state index is -0.935. The number of nitrogens with zero attached hydrogens (tertiary/aromatic N) is 2. The lowest BCUT2D eigenvalue weighted by molar-refractivity contribution is -0.0207. The van der Waals surface area contributed by atoms with Crippen molar-refractivity contribution in [3.63, 3.8) is 0 Å². The fourth-order valence-electron chi connectivity index (χ4n) is 5.27. The summed E-state index contributed by atoms with van der Waals surface area (Å²) >= 11 is 0. The van der Waals surface area contributed by atoms with Gasteiger partial charge in [0.05, 0.1) is 18.2 Å². The van der Waals surface area contributed by atoms with Crippen molar-refractivity contribution >= 4 is 6.09 Å². The molecule has 2 N–H and O–H groups in total. The van der Waals surface area contributed by atoms with Crippen LogP contribution in [0.25, 0.3) is 0 Å². The highest BCUT2D eigenvalue weighted by Crippen LogP contribution is 2.39. The van der Waals surface area contributed by atoms with Crippen LogP contribution in [-0.2, 0) is 0 Å². The monoisotopic (exact) mass is 472 g/mol. The molecule has 5 nitrogen and oxygen atoms in total. The zero-order valence-corrected chi connectivity index (χ0v) is 21.0. The highest BCUT2D eigenvalue weighted by atomic mass is 16.4. The molecular weight excluding hydrogens is 436 g/mol. The second-order valence-corrected chi connectivity index (χ2v) is 10.5. The van der Waals surface area contributed by atoms with Gasteiger partial charge in [0.2, 0.25) is 0 Å². The Bertz CT molecular complexity index is 1060. The van der Waals surface area contributed by atoms with E-state index in [2.05, 4.69) is 53.4 Å². The van der Waals surface area contributed by atoms with Crippen molar-refractivity contribution in [3.8, 4) is 0 Å². The van der Waals surface area contributed by atoms with Gasteiger partial charge in [-0.1, -0.05) is 84.9 Å². The number of aliphatic hydroxyl groups is 1. The Labute approximate surface area is 208 Å². The van der Waals surface area contributed by atoms with Gasteiger partial charge in [0.15, 0.2) is 0 Å². The molecular formula is C30H36N2O3. The number of aliphatic hydroxyl groups excluding tert-OH is 1. The van der Waals surface area contributed by atoms with E-state index >= 15 is 0 Å². The average Bonchev–Trinajstić information content (AvgIpc) is 2.80. The van der Waals surface area contributed by atoms with Gasteiger partial charge in [0.25, 0.3) is 0 Å². The average molecular weight is 473 g/mol. The van der Waals surface area contributed by atoms with E-state index in [1.54, 1.807) is 0 Å². The van der Waals surface area contributed by atoms with E-state index in [0.29, 0.717) is 0 Å². The van der Waals surface area contributed by atoms with Crippen molar-refractivity contribution in [2.75, 3.05) is 13.1 Å². The van der Waals surface area contributed by atoms with Crippen LogP contribution >= 0.6 is 0 Å². The van der Waals surface area contributed by atoms with E-state index < -0.39 is 17.7 Å². The number of rotatable bonds is 7. The van der Waals surface area contributed by atoms with Crippen LogP contribution in [-0.4, -0.2) is 44.7 Å². The van der Waals surface area contributed by atoms with Gasteiger partial charge in [0, 0.05) is 24.5 Å². The van der Waals surface area contributed by atoms with Crippen LogP contribution in [0.4, 0.5) is 4.79 Å². The van der Waals surface area contributed by atoms with Gasteiger partial charge in [0.1, 0.15) is 0 Å². The standard InChI is InChI=1S/C30H36N2O3/c1-21(32(29(34)35)30(2,3)4)22-15-17-25(18-16-22)28(33)26-19-31(20-26)27(23-11-7-5-8-12-23)24-13-9-6-10-14-24/h5-18,21,26-28,33H,19-20H2,1-4H3,(H,34,35)/t21-,28?/m0/s1. The van der Waals surface area contributed by atoms with E-state index in [4.69, 9.17) is 0 Å². The Kier molecular flexibility index (Phi) is 7.29. The molecule has 5 heteroatoms. The molecule has 35 heavy (non-hydrogen) atoms. The molecule has 0 spiro atoms. The first kappa shape index (κ1) is 25.0. The minimum Gasteiger partial charge on any atom is -0.465 e. The Hall–Kier alpha value is -3.15. The summed E-state index contributed by atoms with van der Waals surface area (Å²) in [5.74, 6) is 0.151. The third kappa shape index (κ3) is 5.42. The second-order valence-electron chi connectivity index (χ2n) is 10.5. The summed E-state index contributed by atoms with van der Waals surface area (Å²) in [6, 6.07) is 28.7. The Morgan fingerprint density at radius 2 is 1.29 bits per heavy atom. The van der Waals surface area contributed by atoms with Crippen LogP contribution < -0.4 is 0 Å². The highest BCUT2D eigenvalue weighted by Gasteiger charge is 2.38. The van der Waals surface area contributed by atoms with Gasteiger partial charge < -0.3 is 10.2 Å². The number of benzene rings is 3. The van der Waals surface area contributed by atoms with Gasteiger partial charge in [-0.05, 0) is 49.9 Å². The molecule has 0 bridgehead atoms. The minimum absolute atomic E-state index is 0.151. The van der Waals surface area contributed by atoms with Crippen molar-refractivity contribution in [2.45, 2.75) is 51.4 Å². The lowest BCUT2D eigenvalue weighted by atomic mass is 9.85. The van der Waals surface area contributed by atoms with E-state index in [-0.39, 0.29) is 18.0 Å². The molecule has 3 aromatic carbocycles. The summed E-state index contributed by atoms with van der Waals surface area (Å²) in [4.78, 5) is 15.7. The molecule has 184 valence electrons. The summed E-state index contributed by atoms with van der Waals surface area (Å²) in [5, 5.41) is 20.8. The summed E-state index contributed by atoms with van der Waals surface area (Å²) in [5.41, 5.74) is 3.80. The third-order valence-electron chi connectivity index (χ3n) is 7.06. The fourth-order valence-corrected chi connectivity index (χ4v) is 5.27. The Balaban J connectivity index is 1.45. The van der Waals surface area contributed by atoms with Gasteiger partial charge in [-0.3, -0.25) is 9.80 Å². The van der Waals surface area contributed by atoms with Crippen molar-refractivity contribution in [2.24, 2.45) is 5.92 Å². The lowest BCUT2D eigenvalue weighted by Crippen LogP contribution is -2.51. The molecule has 1 fully saturated rings. The zero-order chi connectivity index (χ0) is 25.2. The highest BCUT2D eigenvalue weighted by molar-refractivity contribution is 5.66. The number of likely N-dealkylation sites (tertiary alicyclic amines) is 1. The predicted octanol–water partition coefficient (Wildman–Crippen LogP) is 6.28. The maximum absolute atomic E-state index is 11.8. The van der Waals surface area contributed by atoms with E-state index in [1.807, 2.05) is 64.1 Å². The van der Waals surface area contributed by atoms with Gasteiger partial charge in [-0.15, -0.1) is 0 Å². The first-order chi connectivity index (χ1) is 16.7. The fraction of sp³-hybridized carbons (Fsp3) is 0.367. The molecule has 0 aromatic heterocycles. The van der Waals surface area contributed by atoms with Gasteiger partial charge >= 0.3 is 6.09 Å². The first-order valence-electron chi connectivity index (χ1n) is 12.3. The summed E-state index contributed by atoms with van der Waals surface area (Å²) in [6.07, 6.45) is -1.49. The maximum Gasteiger partial charge on any atom is 0.408 e. The lowest BCUT2D eigenvalue weighted by Gasteiger charge is -2.46. The van der Waals surface area contributed by atoms with Crippen LogP contribution in [0.2, 0.25) is 0 Å². The van der Waals surface area contributed by atoms with Crippen LogP contribution in [0.3, 0.4) is 0 Å². The molecule has 1 unspecified atom stereocenters. The van der Waals surface area contributed by atoms with Crippen molar-refractivity contribution in [3.05, 3.63) is 107 Å². The molecule has 4 rings (SSSR count). The predicted molar refractivity (Wildman–Crippen MR) is 139 cm³/mol. The molecule has 1 aliphatic heterocycles. The molecule has 2 atom stereocenters. The topological polar surface area (TPSA) is 64.0 Å². The quantitative estimate of drug-likeness (QED) is 0.425. The second kappa shape index (κ2) is 10.2. The molecule has 1 amide bonds. The molecule has 0 saturated carbocycles. The van der Waals surface area contributed by atoms with Crippen molar-refractivity contribution in [1.82, 2.24) is 9.80 Å². The van der Waals surface area contributed by atoms with Gasteiger partial charge in [-0.25, -0.2) is 4.79 Å². The van der Waals surface area contributed by atoms with Crippen LogP contribution in [0, 0.1) is 5.92 Å². The van der Waals surface area contributed by atoms with Crippen LogP contribution in [0.5, 0.6) is 0 Å². The largest absolute Gasteiger partial charge is 0.465 e. The summed E-state index contributed by atoms with van der Waals surface area (Å²) < 4.78 is 0. The van der Waals surface area contributed by atoms with Crippen LogP contribution in [0.15, 0.2) is 84.9 Å². The van der Waals surface area contributed by atoms with Crippen LogP contribution in [0.1, 0.15) is 68.1 Å². The first-order valence-corrected chi connectivity index (χ1v) is 12.3. The molecule has 1 aliphatic rings. The summed E-state index contributed by atoms with van der Waals surface area (Å²) in [6.45, 7) is 9.22. The normalized spacial score (nSPS) is 16.5. The molecule has 0 aliphatic carbocycles. The maximum atomic E-state index is 11.8. The number of carboxylic acid groups (broad SMARTS) is 1. The van der Waals surface area contributed by atoms with Crippen molar-refractivity contribution < 1.29 is 15.0 Å². The SMILES string of the molecule is C[C@@H](c1ccc(C(O)C2CN(C(c3ccccc3)c3ccccc3)C2)cc1)N(C(=O)O)C(C)(C)C. The molecule has 0 radical (unpaired) electrons. The molecule has 3 aromatic rings. The van der Waals surface area contributed by atoms with E-state index in [9.17, 15) is 15.0 Å². The Morgan fingerprint density at radius 1 is 0.829 bits per heavy atom. The summed E-state index contributed by atoms with van der Waals surface area (Å²) in [7, 11) is 0. The molecule has 1 saturated heterocycles. The number of carbonyl (C=O) groups is 1. The van der Waals surface area contributed by atoms with E-state index in [1.165, 1.54) is 16.0 Å². The third-order valence-corrected chi connectivity index (χ3v) is 7.06.